The second-order valence-electron chi connectivity index (χ2n) is 3.95. The Kier molecular flexibility index (Phi) is 6.42. The minimum absolute atomic E-state index is 0.0791. The van der Waals surface area contributed by atoms with E-state index in [2.05, 4.69) is 0 Å². The van der Waals surface area contributed by atoms with E-state index in [1.165, 1.54) is 4.90 Å². The molecule has 1 atom stereocenters. The highest BCUT2D eigenvalue weighted by Crippen LogP contribution is 2.32. The number of amides is 1. The summed E-state index contributed by atoms with van der Waals surface area (Å²) in [7, 11) is 0. The highest BCUT2D eigenvalue weighted by atomic mass is 35.5. The zero-order valence-corrected chi connectivity index (χ0v) is 12.4. The van der Waals surface area contributed by atoms with Crippen LogP contribution in [0.5, 0.6) is 5.75 Å². The largest absolute Gasteiger partial charge is 0.479 e. The lowest BCUT2D eigenvalue weighted by molar-refractivity contribution is -0.138. The molecule has 1 aromatic rings. The van der Waals surface area contributed by atoms with Gasteiger partial charge in [-0.3, -0.25) is 4.79 Å². The normalized spacial score (nSPS) is 12.1. The van der Waals surface area contributed by atoms with Crippen molar-refractivity contribution in [2.45, 2.75) is 20.0 Å². The predicted octanol–water partition coefficient (Wildman–Crippen LogP) is 2.60. The predicted molar refractivity (Wildman–Crippen MR) is 75.9 cm³/mol. The first-order chi connectivity index (χ1) is 9.01. The van der Waals surface area contributed by atoms with Gasteiger partial charge in [0.05, 0.1) is 11.6 Å². The number of aliphatic hydroxyl groups is 1. The van der Waals surface area contributed by atoms with Crippen LogP contribution >= 0.6 is 23.2 Å². The van der Waals surface area contributed by atoms with Crippen molar-refractivity contribution in [1.29, 1.82) is 0 Å². The standard InChI is InChI=1S/C13H17Cl2NO3/c1-3-16(7-8-17)13(18)9(2)19-11-6-4-5-10(14)12(11)15/h4-6,9,17H,3,7-8H2,1-2H3/t9-/m0/s1. The quantitative estimate of drug-likeness (QED) is 0.879. The number of carbonyl (C=O) groups excluding carboxylic acids is 1. The van der Waals surface area contributed by atoms with Gasteiger partial charge < -0.3 is 14.7 Å². The number of hydrogen-bond donors (Lipinski definition) is 1. The van der Waals surface area contributed by atoms with Gasteiger partial charge in [0.1, 0.15) is 10.8 Å². The van der Waals surface area contributed by atoms with Crippen molar-refractivity contribution >= 4 is 29.1 Å². The Bertz CT molecular complexity index is 440. The summed E-state index contributed by atoms with van der Waals surface area (Å²) in [5, 5.41) is 9.56. The van der Waals surface area contributed by atoms with Crippen LogP contribution in [0.25, 0.3) is 0 Å². The van der Waals surface area contributed by atoms with Crippen molar-refractivity contribution in [3.8, 4) is 5.75 Å². The minimum Gasteiger partial charge on any atom is -0.479 e. The number of rotatable bonds is 6. The van der Waals surface area contributed by atoms with Gasteiger partial charge in [-0.15, -0.1) is 0 Å². The van der Waals surface area contributed by atoms with Crippen LogP contribution in [0.2, 0.25) is 10.0 Å². The fraction of sp³-hybridized carbons (Fsp3) is 0.462. The number of carbonyl (C=O) groups is 1. The van der Waals surface area contributed by atoms with Gasteiger partial charge in [0, 0.05) is 13.1 Å². The Labute approximate surface area is 122 Å². The van der Waals surface area contributed by atoms with E-state index in [1.54, 1.807) is 25.1 Å². The molecule has 0 aliphatic rings. The molecular formula is C13H17Cl2NO3. The molecule has 0 aliphatic heterocycles. The molecule has 6 heteroatoms. The summed E-state index contributed by atoms with van der Waals surface area (Å²) in [4.78, 5) is 13.6. The van der Waals surface area contributed by atoms with E-state index in [0.29, 0.717) is 17.3 Å². The lowest BCUT2D eigenvalue weighted by Crippen LogP contribution is -2.41. The van der Waals surface area contributed by atoms with Crippen molar-refractivity contribution < 1.29 is 14.6 Å². The number of ether oxygens (including phenoxy) is 1. The van der Waals surface area contributed by atoms with E-state index in [4.69, 9.17) is 33.0 Å². The molecule has 1 N–H and O–H groups in total. The Balaban J connectivity index is 2.76. The second-order valence-corrected chi connectivity index (χ2v) is 4.74. The third-order valence-corrected chi connectivity index (χ3v) is 3.43. The van der Waals surface area contributed by atoms with E-state index in [9.17, 15) is 4.79 Å². The van der Waals surface area contributed by atoms with E-state index >= 15 is 0 Å². The molecule has 0 saturated carbocycles. The van der Waals surface area contributed by atoms with Gasteiger partial charge in [0.15, 0.2) is 6.10 Å². The maximum Gasteiger partial charge on any atom is 0.263 e. The van der Waals surface area contributed by atoms with Crippen molar-refractivity contribution in [3.05, 3.63) is 28.2 Å². The van der Waals surface area contributed by atoms with Crippen LogP contribution in [0.15, 0.2) is 18.2 Å². The average molecular weight is 306 g/mol. The summed E-state index contributed by atoms with van der Waals surface area (Å²) in [5.41, 5.74) is 0. The average Bonchev–Trinajstić information content (AvgIpc) is 2.40. The number of halogens is 2. The zero-order chi connectivity index (χ0) is 14.4. The molecule has 1 amide bonds. The molecule has 0 spiro atoms. The first kappa shape index (κ1) is 16.1. The van der Waals surface area contributed by atoms with Gasteiger partial charge in [0.25, 0.3) is 5.91 Å². The van der Waals surface area contributed by atoms with Crippen molar-refractivity contribution in [2.75, 3.05) is 19.7 Å². The first-order valence-corrected chi connectivity index (χ1v) is 6.77. The molecule has 0 aliphatic carbocycles. The molecule has 1 rings (SSSR count). The van der Waals surface area contributed by atoms with Gasteiger partial charge in [-0.2, -0.15) is 0 Å². The van der Waals surface area contributed by atoms with E-state index in [-0.39, 0.29) is 24.1 Å². The Hall–Kier alpha value is -0.970. The van der Waals surface area contributed by atoms with E-state index in [1.807, 2.05) is 6.92 Å². The van der Waals surface area contributed by atoms with Crippen LogP contribution < -0.4 is 4.74 Å². The Morgan fingerprint density at radius 3 is 2.74 bits per heavy atom. The third kappa shape index (κ3) is 4.27. The summed E-state index contributed by atoms with van der Waals surface area (Å²) in [5.74, 6) is 0.169. The highest BCUT2D eigenvalue weighted by molar-refractivity contribution is 6.42. The van der Waals surface area contributed by atoms with Gasteiger partial charge in [-0.05, 0) is 26.0 Å². The molecule has 0 unspecified atom stereocenters. The monoisotopic (exact) mass is 305 g/mol. The molecule has 4 nitrogen and oxygen atoms in total. The van der Waals surface area contributed by atoms with E-state index in [0.717, 1.165) is 0 Å². The lowest BCUT2D eigenvalue weighted by atomic mass is 10.3. The van der Waals surface area contributed by atoms with Crippen molar-refractivity contribution in [3.63, 3.8) is 0 Å². The molecule has 0 fully saturated rings. The van der Waals surface area contributed by atoms with Crippen LogP contribution in [0.1, 0.15) is 13.8 Å². The second kappa shape index (κ2) is 7.58. The van der Waals surface area contributed by atoms with Crippen LogP contribution in [0.3, 0.4) is 0 Å². The topological polar surface area (TPSA) is 49.8 Å². The number of nitrogens with zero attached hydrogens (tertiary/aromatic N) is 1. The number of likely N-dealkylation sites (N-methyl/N-ethyl adjacent to an activating group) is 1. The van der Waals surface area contributed by atoms with Crippen molar-refractivity contribution in [1.82, 2.24) is 4.90 Å². The van der Waals surface area contributed by atoms with Gasteiger partial charge in [0.2, 0.25) is 0 Å². The first-order valence-electron chi connectivity index (χ1n) is 6.01. The molecule has 0 heterocycles. The fourth-order valence-corrected chi connectivity index (χ4v) is 1.95. The molecular weight excluding hydrogens is 289 g/mol. The summed E-state index contributed by atoms with van der Waals surface area (Å²) >= 11 is 11.9. The van der Waals surface area contributed by atoms with Gasteiger partial charge in [-0.25, -0.2) is 0 Å². The fourth-order valence-electron chi connectivity index (χ4n) is 1.62. The van der Waals surface area contributed by atoms with E-state index < -0.39 is 6.10 Å². The third-order valence-electron chi connectivity index (χ3n) is 2.63. The van der Waals surface area contributed by atoms with Crippen LogP contribution in [-0.2, 0) is 4.79 Å². The molecule has 0 aromatic heterocycles. The van der Waals surface area contributed by atoms with Crippen LogP contribution in [-0.4, -0.2) is 41.7 Å². The molecule has 0 bridgehead atoms. The summed E-state index contributed by atoms with van der Waals surface area (Å²) in [6.07, 6.45) is -0.692. The Morgan fingerprint density at radius 2 is 2.16 bits per heavy atom. The SMILES string of the molecule is CCN(CCO)C(=O)[C@H](C)Oc1cccc(Cl)c1Cl. The maximum atomic E-state index is 12.1. The summed E-state index contributed by atoms with van der Waals surface area (Å²) in [6.45, 7) is 4.19. The molecule has 19 heavy (non-hydrogen) atoms. The molecule has 1 aromatic carbocycles. The summed E-state index contributed by atoms with van der Waals surface area (Å²) in [6, 6.07) is 5.00. The number of hydrogen-bond acceptors (Lipinski definition) is 3. The minimum atomic E-state index is -0.692. The lowest BCUT2D eigenvalue weighted by Gasteiger charge is -2.24. The maximum absolute atomic E-state index is 12.1. The molecule has 0 saturated heterocycles. The highest BCUT2D eigenvalue weighted by Gasteiger charge is 2.21. The zero-order valence-electron chi connectivity index (χ0n) is 10.9. The smallest absolute Gasteiger partial charge is 0.263 e. The molecule has 0 radical (unpaired) electrons. The molecule has 106 valence electrons. The van der Waals surface area contributed by atoms with Gasteiger partial charge >= 0.3 is 0 Å². The van der Waals surface area contributed by atoms with Crippen LogP contribution in [0.4, 0.5) is 0 Å². The summed E-state index contributed by atoms with van der Waals surface area (Å²) < 4.78 is 5.53. The number of benzene rings is 1. The van der Waals surface area contributed by atoms with Gasteiger partial charge in [-0.1, -0.05) is 29.3 Å². The number of aliphatic hydroxyl groups excluding tert-OH is 1. The van der Waals surface area contributed by atoms with Crippen LogP contribution in [0, 0.1) is 0 Å². The van der Waals surface area contributed by atoms with Crippen molar-refractivity contribution in [2.24, 2.45) is 0 Å². The Morgan fingerprint density at radius 1 is 1.47 bits per heavy atom.